The van der Waals surface area contributed by atoms with Gasteiger partial charge in [-0.05, 0) is 49.8 Å². The summed E-state index contributed by atoms with van der Waals surface area (Å²) in [5.74, 6) is 0.944. The van der Waals surface area contributed by atoms with Crippen LogP contribution in [0.3, 0.4) is 0 Å². The molecule has 7 heteroatoms. The van der Waals surface area contributed by atoms with E-state index in [0.717, 1.165) is 44.7 Å². The van der Waals surface area contributed by atoms with Crippen LogP contribution in [0.1, 0.15) is 43.2 Å². The highest BCUT2D eigenvalue weighted by Gasteiger charge is 2.34. The molecule has 0 radical (unpaired) electrons. The molecule has 1 aromatic rings. The lowest BCUT2D eigenvalue weighted by Gasteiger charge is -2.37. The van der Waals surface area contributed by atoms with Gasteiger partial charge in [0.05, 0.1) is 25.9 Å². The zero-order valence-electron chi connectivity index (χ0n) is 16.4. The third-order valence-electron chi connectivity index (χ3n) is 5.51. The van der Waals surface area contributed by atoms with E-state index in [0.29, 0.717) is 12.1 Å². The summed E-state index contributed by atoms with van der Waals surface area (Å²) in [5, 5.41) is 9.82. The Morgan fingerprint density at radius 3 is 2.52 bits per heavy atom. The molecule has 3 atom stereocenters. The minimum absolute atomic E-state index is 0. The molecule has 1 saturated carbocycles. The third kappa shape index (κ3) is 7.33. The number of halogens is 1. The standard InChI is InChI=1S/C20H31NO3.ClH.2H2S/c1-15-13-16(7-8-19(15)23-2)10-12-24-20-6-4-3-5-18(20)21-11-9-17(22)14-21;;;/h7-8,13,17-18,20,22H,3-6,9-12,14H2,1-2H3;1H;2*1H2/t17-,18+,20+;;;/m1.../s1. The quantitative estimate of drug-likeness (QED) is 0.738. The number of β-amino-alcohol motifs (C(OH)–C–C–N with tert-alkyl or cyclic N) is 1. The van der Waals surface area contributed by atoms with Crippen molar-refractivity contribution in [2.24, 2.45) is 0 Å². The van der Waals surface area contributed by atoms with Crippen LogP contribution in [0.5, 0.6) is 5.75 Å². The molecule has 0 bridgehead atoms. The maximum absolute atomic E-state index is 9.82. The SMILES string of the molecule is COc1ccc(CCO[C@H]2CCCC[C@@H]2N2CC[C@@H](O)C2)cc1C.Cl.S.S. The molecule has 3 rings (SSSR count). The van der Waals surface area contributed by atoms with Gasteiger partial charge in [0.2, 0.25) is 0 Å². The smallest absolute Gasteiger partial charge is 0.121 e. The Balaban J connectivity index is 0.00000225. The van der Waals surface area contributed by atoms with Gasteiger partial charge in [-0.1, -0.05) is 25.0 Å². The van der Waals surface area contributed by atoms with Crippen LogP contribution in [-0.2, 0) is 11.2 Å². The number of methoxy groups -OCH3 is 1. The molecule has 2 aliphatic rings. The van der Waals surface area contributed by atoms with Crippen molar-refractivity contribution in [2.45, 2.75) is 63.7 Å². The van der Waals surface area contributed by atoms with E-state index >= 15 is 0 Å². The van der Waals surface area contributed by atoms with E-state index in [-0.39, 0.29) is 45.5 Å². The van der Waals surface area contributed by atoms with E-state index in [1.807, 2.05) is 6.07 Å². The largest absolute Gasteiger partial charge is 0.496 e. The van der Waals surface area contributed by atoms with E-state index in [9.17, 15) is 5.11 Å². The van der Waals surface area contributed by atoms with Crippen molar-refractivity contribution in [3.05, 3.63) is 29.3 Å². The first-order valence-electron chi connectivity index (χ1n) is 9.34. The molecule has 0 spiro atoms. The highest BCUT2D eigenvalue weighted by Crippen LogP contribution is 2.28. The first-order valence-corrected chi connectivity index (χ1v) is 9.34. The van der Waals surface area contributed by atoms with Crippen LogP contribution in [0.25, 0.3) is 0 Å². The molecule has 0 unspecified atom stereocenters. The summed E-state index contributed by atoms with van der Waals surface area (Å²) >= 11 is 0. The number of likely N-dealkylation sites (tertiary alicyclic amines) is 1. The lowest BCUT2D eigenvalue weighted by Crippen LogP contribution is -2.46. The summed E-state index contributed by atoms with van der Waals surface area (Å²) in [6, 6.07) is 6.86. The molecule has 0 aromatic heterocycles. The molecule has 158 valence electrons. The molecular weight excluding hydrogens is 402 g/mol. The summed E-state index contributed by atoms with van der Waals surface area (Å²) in [4.78, 5) is 2.45. The number of aryl methyl sites for hydroxylation is 1. The second-order valence-corrected chi connectivity index (χ2v) is 7.25. The van der Waals surface area contributed by atoms with Gasteiger partial charge in [0.25, 0.3) is 0 Å². The Hall–Kier alpha value is -0.110. The van der Waals surface area contributed by atoms with E-state index in [2.05, 4.69) is 24.0 Å². The normalized spacial score (nSPS) is 25.1. The fourth-order valence-corrected chi connectivity index (χ4v) is 4.18. The Morgan fingerprint density at radius 1 is 1.15 bits per heavy atom. The predicted octanol–water partition coefficient (Wildman–Crippen LogP) is 3.59. The third-order valence-corrected chi connectivity index (χ3v) is 5.51. The predicted molar refractivity (Wildman–Crippen MR) is 124 cm³/mol. The minimum Gasteiger partial charge on any atom is -0.496 e. The average Bonchev–Trinajstić information content (AvgIpc) is 3.02. The molecule has 0 amide bonds. The first kappa shape index (κ1) is 26.9. The van der Waals surface area contributed by atoms with E-state index in [4.69, 9.17) is 9.47 Å². The van der Waals surface area contributed by atoms with Gasteiger partial charge in [0.1, 0.15) is 5.75 Å². The van der Waals surface area contributed by atoms with Gasteiger partial charge >= 0.3 is 0 Å². The van der Waals surface area contributed by atoms with Gasteiger partial charge in [-0.15, -0.1) is 12.4 Å². The summed E-state index contributed by atoms with van der Waals surface area (Å²) in [5.41, 5.74) is 2.48. The van der Waals surface area contributed by atoms with Crippen LogP contribution in [0, 0.1) is 6.92 Å². The summed E-state index contributed by atoms with van der Waals surface area (Å²) in [6.07, 6.45) is 6.94. The van der Waals surface area contributed by atoms with Gasteiger partial charge in [-0.3, -0.25) is 4.90 Å². The van der Waals surface area contributed by atoms with E-state index in [1.165, 1.54) is 30.4 Å². The van der Waals surface area contributed by atoms with Gasteiger partial charge < -0.3 is 14.6 Å². The molecule has 27 heavy (non-hydrogen) atoms. The number of ether oxygens (including phenoxy) is 2. The van der Waals surface area contributed by atoms with Crippen LogP contribution < -0.4 is 4.74 Å². The van der Waals surface area contributed by atoms with Crippen molar-refractivity contribution in [3.8, 4) is 5.75 Å². The molecule has 2 fully saturated rings. The maximum atomic E-state index is 9.82. The Kier molecular flexibility index (Phi) is 13.1. The molecule has 1 aliphatic heterocycles. The molecule has 1 aliphatic carbocycles. The number of rotatable bonds is 6. The molecule has 1 heterocycles. The minimum atomic E-state index is -0.144. The van der Waals surface area contributed by atoms with Crippen molar-refractivity contribution >= 4 is 39.4 Å². The van der Waals surface area contributed by atoms with Gasteiger partial charge in [-0.2, -0.15) is 27.0 Å². The monoisotopic (exact) mass is 437 g/mol. The Bertz CT molecular complexity index is 550. The summed E-state index contributed by atoms with van der Waals surface area (Å²) in [7, 11) is 1.71. The Morgan fingerprint density at radius 2 is 1.89 bits per heavy atom. The van der Waals surface area contributed by atoms with Crippen molar-refractivity contribution in [1.82, 2.24) is 4.90 Å². The number of hydrogen-bond acceptors (Lipinski definition) is 4. The van der Waals surface area contributed by atoms with Crippen LogP contribution >= 0.6 is 39.4 Å². The van der Waals surface area contributed by atoms with Gasteiger partial charge in [0, 0.05) is 19.1 Å². The van der Waals surface area contributed by atoms with Crippen LogP contribution in [0.2, 0.25) is 0 Å². The van der Waals surface area contributed by atoms with Crippen molar-refractivity contribution in [2.75, 3.05) is 26.8 Å². The molecule has 1 saturated heterocycles. The van der Waals surface area contributed by atoms with E-state index in [1.54, 1.807) is 7.11 Å². The Labute approximate surface area is 184 Å². The second-order valence-electron chi connectivity index (χ2n) is 7.25. The first-order chi connectivity index (χ1) is 11.7. The van der Waals surface area contributed by atoms with Gasteiger partial charge in [-0.25, -0.2) is 0 Å². The van der Waals surface area contributed by atoms with Crippen LogP contribution in [0.4, 0.5) is 0 Å². The topological polar surface area (TPSA) is 41.9 Å². The molecule has 4 nitrogen and oxygen atoms in total. The number of aliphatic hydroxyl groups is 1. The van der Waals surface area contributed by atoms with Crippen LogP contribution in [0.15, 0.2) is 18.2 Å². The number of nitrogens with zero attached hydrogens (tertiary/aromatic N) is 1. The lowest BCUT2D eigenvalue weighted by atomic mass is 9.91. The molecular formula is C20H36ClNO3S2. The fourth-order valence-electron chi connectivity index (χ4n) is 4.18. The van der Waals surface area contributed by atoms with Crippen LogP contribution in [-0.4, -0.2) is 55.1 Å². The number of hydrogen-bond donors (Lipinski definition) is 1. The highest BCUT2D eigenvalue weighted by molar-refractivity contribution is 7.59. The zero-order valence-corrected chi connectivity index (χ0v) is 19.3. The molecule has 1 N–H and O–H groups in total. The highest BCUT2D eigenvalue weighted by atomic mass is 35.5. The van der Waals surface area contributed by atoms with Crippen molar-refractivity contribution in [1.29, 1.82) is 0 Å². The van der Waals surface area contributed by atoms with Crippen molar-refractivity contribution in [3.63, 3.8) is 0 Å². The van der Waals surface area contributed by atoms with Gasteiger partial charge in [0.15, 0.2) is 0 Å². The number of aliphatic hydroxyl groups excluding tert-OH is 1. The number of benzene rings is 1. The van der Waals surface area contributed by atoms with E-state index < -0.39 is 0 Å². The average molecular weight is 438 g/mol. The zero-order chi connectivity index (χ0) is 16.9. The summed E-state index contributed by atoms with van der Waals surface area (Å²) in [6.45, 7) is 4.69. The van der Waals surface area contributed by atoms with Crippen molar-refractivity contribution < 1.29 is 14.6 Å². The second kappa shape index (κ2) is 13.2. The summed E-state index contributed by atoms with van der Waals surface area (Å²) < 4.78 is 11.6. The maximum Gasteiger partial charge on any atom is 0.121 e. The lowest BCUT2D eigenvalue weighted by molar-refractivity contribution is -0.0316. The molecule has 1 aromatic carbocycles. The fraction of sp³-hybridized carbons (Fsp3) is 0.700.